The first kappa shape index (κ1) is 17.9. The number of thiocarbonyl (C=S) groups is 1. The van der Waals surface area contributed by atoms with E-state index >= 15 is 0 Å². The van der Waals surface area contributed by atoms with Crippen molar-refractivity contribution < 1.29 is 0 Å². The van der Waals surface area contributed by atoms with Gasteiger partial charge in [-0.15, -0.1) is 0 Å². The van der Waals surface area contributed by atoms with Crippen LogP contribution in [0, 0.1) is 0 Å². The van der Waals surface area contributed by atoms with Crippen molar-refractivity contribution in [2.45, 2.75) is 46.7 Å². The minimum Gasteiger partial charge on any atom is -0.363 e. The second-order valence-corrected chi connectivity index (χ2v) is 5.48. The first-order chi connectivity index (χ1) is 10.1. The van der Waals surface area contributed by atoms with Crippen molar-refractivity contribution in [1.82, 2.24) is 25.3 Å². The molecule has 0 saturated heterocycles. The van der Waals surface area contributed by atoms with Gasteiger partial charge in [0.25, 0.3) is 0 Å². The molecule has 0 aromatic carbocycles. The summed E-state index contributed by atoms with van der Waals surface area (Å²) in [6.45, 7) is 13.7. The predicted octanol–water partition coefficient (Wildman–Crippen LogP) is 2.16. The normalized spacial score (nSPS) is 12.4. The van der Waals surface area contributed by atoms with E-state index in [1.807, 2.05) is 16.9 Å². The Morgan fingerprint density at radius 3 is 2.71 bits per heavy atom. The average Bonchev–Trinajstić information content (AvgIpc) is 2.96. The molecule has 1 heterocycles. The van der Waals surface area contributed by atoms with Crippen molar-refractivity contribution in [2.75, 3.05) is 26.2 Å². The first-order valence-electron chi connectivity index (χ1n) is 7.90. The topological polar surface area (TPSA) is 45.1 Å². The van der Waals surface area contributed by atoms with Crippen molar-refractivity contribution in [3.8, 4) is 0 Å². The Balaban J connectivity index is 2.27. The summed E-state index contributed by atoms with van der Waals surface area (Å²) in [6, 6.07) is 2.19. The third-order valence-corrected chi connectivity index (χ3v) is 3.93. The summed E-state index contributed by atoms with van der Waals surface area (Å²) in [5, 5.41) is 11.6. The van der Waals surface area contributed by atoms with Gasteiger partial charge in [-0.2, -0.15) is 5.10 Å². The van der Waals surface area contributed by atoms with Crippen LogP contribution in [0.5, 0.6) is 0 Å². The highest BCUT2D eigenvalue weighted by molar-refractivity contribution is 7.80. The van der Waals surface area contributed by atoms with Crippen molar-refractivity contribution in [1.29, 1.82) is 0 Å². The highest BCUT2D eigenvalue weighted by Gasteiger charge is 2.11. The second kappa shape index (κ2) is 9.73. The molecule has 0 radical (unpaired) electrons. The molecule has 1 aromatic heterocycles. The van der Waals surface area contributed by atoms with Crippen LogP contribution in [0.2, 0.25) is 0 Å². The molecular formula is C15H29N5S. The van der Waals surface area contributed by atoms with Crippen LogP contribution in [-0.4, -0.2) is 46.0 Å². The maximum atomic E-state index is 5.35. The van der Waals surface area contributed by atoms with Gasteiger partial charge in [0, 0.05) is 19.3 Å². The Morgan fingerprint density at radius 2 is 2.10 bits per heavy atom. The molecule has 2 N–H and O–H groups in total. The molecule has 6 heteroatoms. The lowest BCUT2D eigenvalue weighted by Crippen LogP contribution is -2.38. The highest BCUT2D eigenvalue weighted by Crippen LogP contribution is 2.11. The molecule has 1 rings (SSSR count). The fourth-order valence-electron chi connectivity index (χ4n) is 2.34. The summed E-state index contributed by atoms with van der Waals surface area (Å²) in [6.07, 6.45) is 2.93. The predicted molar refractivity (Wildman–Crippen MR) is 92.5 cm³/mol. The summed E-state index contributed by atoms with van der Waals surface area (Å²) >= 11 is 5.35. The Labute approximate surface area is 134 Å². The maximum Gasteiger partial charge on any atom is 0.166 e. The molecule has 0 aliphatic heterocycles. The summed E-state index contributed by atoms with van der Waals surface area (Å²) in [5.41, 5.74) is 1.16. The molecule has 0 aliphatic rings. The van der Waals surface area contributed by atoms with Crippen LogP contribution in [0.25, 0.3) is 0 Å². The lowest BCUT2D eigenvalue weighted by atomic mass is 10.2. The molecule has 5 nitrogen and oxygen atoms in total. The van der Waals surface area contributed by atoms with E-state index < -0.39 is 0 Å². The monoisotopic (exact) mass is 311 g/mol. The van der Waals surface area contributed by atoms with E-state index in [2.05, 4.69) is 48.3 Å². The van der Waals surface area contributed by atoms with Crippen LogP contribution in [-0.2, 0) is 6.54 Å². The number of rotatable bonds is 9. The number of nitrogens with zero attached hydrogens (tertiary/aromatic N) is 3. The van der Waals surface area contributed by atoms with E-state index in [0.29, 0.717) is 5.11 Å². The van der Waals surface area contributed by atoms with Crippen molar-refractivity contribution >= 4 is 17.3 Å². The lowest BCUT2D eigenvalue weighted by Gasteiger charge is -2.20. The smallest absolute Gasteiger partial charge is 0.166 e. The molecule has 1 aromatic rings. The van der Waals surface area contributed by atoms with E-state index in [1.165, 1.54) is 0 Å². The quantitative estimate of drug-likeness (QED) is 0.540. The number of nitrogens with one attached hydrogen (secondary N) is 2. The molecule has 0 fully saturated rings. The summed E-state index contributed by atoms with van der Waals surface area (Å²) in [4.78, 5) is 2.42. The van der Waals surface area contributed by atoms with Crippen LogP contribution in [0.1, 0.15) is 45.9 Å². The molecule has 0 saturated carbocycles. The molecule has 0 spiro atoms. The van der Waals surface area contributed by atoms with E-state index in [-0.39, 0.29) is 6.04 Å². The van der Waals surface area contributed by atoms with Gasteiger partial charge in [0.05, 0.1) is 11.7 Å². The zero-order chi connectivity index (χ0) is 15.7. The third kappa shape index (κ3) is 6.01. The standard InChI is InChI=1S/C15H29N5S/c1-5-19(6-2)12-8-10-16-15(21)18-13(4)14-9-11-17-20(14)7-3/h9,11,13H,5-8,10,12H2,1-4H3,(H2,16,18,21). The van der Waals surface area contributed by atoms with E-state index in [1.54, 1.807) is 0 Å². The summed E-state index contributed by atoms with van der Waals surface area (Å²) < 4.78 is 1.99. The lowest BCUT2D eigenvalue weighted by molar-refractivity contribution is 0.300. The number of hydrogen-bond donors (Lipinski definition) is 2. The fourth-order valence-corrected chi connectivity index (χ4v) is 2.62. The van der Waals surface area contributed by atoms with Crippen LogP contribution in [0.4, 0.5) is 0 Å². The molecule has 21 heavy (non-hydrogen) atoms. The Kier molecular flexibility index (Phi) is 8.30. The van der Waals surface area contributed by atoms with E-state index in [4.69, 9.17) is 12.2 Å². The fraction of sp³-hybridized carbons (Fsp3) is 0.733. The average molecular weight is 311 g/mol. The van der Waals surface area contributed by atoms with Crippen LogP contribution in [0.3, 0.4) is 0 Å². The number of aryl methyl sites for hydroxylation is 1. The van der Waals surface area contributed by atoms with Crippen LogP contribution >= 0.6 is 12.2 Å². The van der Waals surface area contributed by atoms with Gasteiger partial charge < -0.3 is 15.5 Å². The molecule has 1 unspecified atom stereocenters. The van der Waals surface area contributed by atoms with Gasteiger partial charge in [-0.3, -0.25) is 4.68 Å². The zero-order valence-corrected chi connectivity index (χ0v) is 14.5. The molecule has 1 atom stereocenters. The SMILES string of the molecule is CCN(CC)CCCNC(=S)NC(C)c1ccnn1CC. The summed E-state index contributed by atoms with van der Waals surface area (Å²) in [7, 11) is 0. The highest BCUT2D eigenvalue weighted by atomic mass is 32.1. The van der Waals surface area contributed by atoms with E-state index in [0.717, 1.165) is 44.8 Å². The first-order valence-corrected chi connectivity index (χ1v) is 8.31. The number of aromatic nitrogens is 2. The van der Waals surface area contributed by atoms with Gasteiger partial charge in [0.1, 0.15) is 0 Å². The molecule has 0 bridgehead atoms. The Bertz CT molecular complexity index is 414. The van der Waals surface area contributed by atoms with Crippen LogP contribution < -0.4 is 10.6 Å². The molecule has 0 aliphatic carbocycles. The van der Waals surface area contributed by atoms with Gasteiger partial charge in [0.2, 0.25) is 0 Å². The molecule has 120 valence electrons. The third-order valence-electron chi connectivity index (χ3n) is 3.67. The van der Waals surface area contributed by atoms with Crippen LogP contribution in [0.15, 0.2) is 12.3 Å². The van der Waals surface area contributed by atoms with Gasteiger partial charge >= 0.3 is 0 Å². The van der Waals surface area contributed by atoms with Crippen molar-refractivity contribution in [3.63, 3.8) is 0 Å². The van der Waals surface area contributed by atoms with Crippen molar-refractivity contribution in [2.24, 2.45) is 0 Å². The van der Waals surface area contributed by atoms with E-state index in [9.17, 15) is 0 Å². The molecular weight excluding hydrogens is 282 g/mol. The Morgan fingerprint density at radius 1 is 1.38 bits per heavy atom. The minimum atomic E-state index is 0.162. The number of hydrogen-bond acceptors (Lipinski definition) is 3. The summed E-state index contributed by atoms with van der Waals surface area (Å²) in [5.74, 6) is 0. The Hall–Kier alpha value is -1.14. The van der Waals surface area contributed by atoms with Crippen molar-refractivity contribution in [3.05, 3.63) is 18.0 Å². The molecule has 0 amide bonds. The van der Waals surface area contributed by atoms with Gasteiger partial charge in [0.15, 0.2) is 5.11 Å². The zero-order valence-electron chi connectivity index (χ0n) is 13.7. The largest absolute Gasteiger partial charge is 0.363 e. The van der Waals surface area contributed by atoms with Gasteiger partial charge in [-0.25, -0.2) is 0 Å². The minimum absolute atomic E-state index is 0.162. The maximum absolute atomic E-state index is 5.35. The second-order valence-electron chi connectivity index (χ2n) is 5.07. The van der Waals surface area contributed by atoms with Gasteiger partial charge in [-0.05, 0) is 58.2 Å². The van der Waals surface area contributed by atoms with Gasteiger partial charge in [-0.1, -0.05) is 13.8 Å².